The molecule has 0 saturated heterocycles. The maximum absolute atomic E-state index is 4.18. The number of hydrogen-bond acceptors (Lipinski definition) is 3. The van der Waals surface area contributed by atoms with E-state index in [1.807, 2.05) is 42.2 Å². The van der Waals surface area contributed by atoms with Gasteiger partial charge in [-0.15, -0.1) is 11.8 Å². The zero-order chi connectivity index (χ0) is 14.5. The molecular formula is C18H18N2S. The van der Waals surface area contributed by atoms with Crippen molar-refractivity contribution in [3.05, 3.63) is 66.9 Å². The minimum absolute atomic E-state index is 1.06. The Morgan fingerprint density at radius 2 is 1.76 bits per heavy atom. The van der Waals surface area contributed by atoms with Crippen LogP contribution in [-0.2, 0) is 0 Å². The fourth-order valence-electron chi connectivity index (χ4n) is 2.34. The highest BCUT2D eigenvalue weighted by atomic mass is 32.2. The second kappa shape index (κ2) is 6.64. The van der Waals surface area contributed by atoms with Crippen LogP contribution in [0.5, 0.6) is 0 Å². The summed E-state index contributed by atoms with van der Waals surface area (Å²) in [5.74, 6) is 1.12. The lowest BCUT2D eigenvalue weighted by atomic mass is 10.2. The van der Waals surface area contributed by atoms with Crippen molar-refractivity contribution < 1.29 is 0 Å². The molecule has 0 saturated carbocycles. The zero-order valence-electron chi connectivity index (χ0n) is 12.1. The van der Waals surface area contributed by atoms with Gasteiger partial charge in [-0.25, -0.2) is 0 Å². The molecular weight excluding hydrogens is 276 g/mol. The molecule has 21 heavy (non-hydrogen) atoms. The minimum atomic E-state index is 1.06. The first-order chi connectivity index (χ1) is 10.4. The van der Waals surface area contributed by atoms with E-state index < -0.39 is 0 Å². The van der Waals surface area contributed by atoms with Crippen LogP contribution in [0.2, 0.25) is 0 Å². The summed E-state index contributed by atoms with van der Waals surface area (Å²) in [6.07, 6.45) is 1.81. The third kappa shape index (κ3) is 3.19. The molecule has 106 valence electrons. The van der Waals surface area contributed by atoms with Gasteiger partial charge in [0.25, 0.3) is 0 Å². The van der Waals surface area contributed by atoms with Gasteiger partial charge in [0.2, 0.25) is 0 Å². The van der Waals surface area contributed by atoms with Gasteiger partial charge >= 0.3 is 0 Å². The van der Waals surface area contributed by atoms with Crippen molar-refractivity contribution in [2.75, 3.05) is 17.3 Å². The zero-order valence-corrected chi connectivity index (χ0v) is 12.9. The number of hydrogen-bond donors (Lipinski definition) is 0. The van der Waals surface area contributed by atoms with E-state index in [1.54, 1.807) is 0 Å². The fourth-order valence-corrected chi connectivity index (χ4v) is 3.47. The Kier molecular flexibility index (Phi) is 4.41. The van der Waals surface area contributed by atoms with Crippen molar-refractivity contribution >= 4 is 28.4 Å². The van der Waals surface area contributed by atoms with Crippen molar-refractivity contribution in [3.63, 3.8) is 0 Å². The largest absolute Gasteiger partial charge is 0.361 e. The summed E-state index contributed by atoms with van der Waals surface area (Å²) < 4.78 is 0. The topological polar surface area (TPSA) is 16.1 Å². The Morgan fingerprint density at radius 3 is 2.62 bits per heavy atom. The molecule has 0 fully saturated rings. The molecule has 3 heteroatoms. The molecule has 0 bridgehead atoms. The van der Waals surface area contributed by atoms with E-state index in [9.17, 15) is 0 Å². The first kappa shape index (κ1) is 14.0. The third-order valence-corrected chi connectivity index (χ3v) is 4.57. The molecule has 1 aromatic heterocycles. The summed E-state index contributed by atoms with van der Waals surface area (Å²) in [4.78, 5) is 8.00. The maximum Gasteiger partial charge on any atom is 0.0701 e. The molecule has 0 aliphatic carbocycles. The van der Waals surface area contributed by atoms with Crippen molar-refractivity contribution in [2.45, 2.75) is 11.8 Å². The van der Waals surface area contributed by atoms with Crippen molar-refractivity contribution in [2.24, 2.45) is 0 Å². The number of fused-ring (bicyclic) bond motifs is 2. The first-order valence-electron chi connectivity index (χ1n) is 7.15. The average Bonchev–Trinajstić information content (AvgIpc) is 2.99. The van der Waals surface area contributed by atoms with Gasteiger partial charge in [-0.1, -0.05) is 36.4 Å². The van der Waals surface area contributed by atoms with E-state index in [2.05, 4.69) is 53.2 Å². The van der Waals surface area contributed by atoms with Gasteiger partial charge in [0, 0.05) is 23.0 Å². The molecule has 0 spiro atoms. The number of anilines is 1. The Morgan fingerprint density at radius 1 is 1.00 bits per heavy atom. The van der Waals surface area contributed by atoms with E-state index in [0.29, 0.717) is 0 Å². The van der Waals surface area contributed by atoms with Gasteiger partial charge in [-0.2, -0.15) is 0 Å². The van der Waals surface area contributed by atoms with Gasteiger partial charge in [-0.3, -0.25) is 4.98 Å². The summed E-state index contributed by atoms with van der Waals surface area (Å²) in [5, 5.41) is 1.20. The number of aromatic nitrogens is 1. The molecule has 0 unspecified atom stereocenters. The number of thioether (sulfide) groups is 1. The lowest BCUT2D eigenvalue weighted by Crippen LogP contribution is -2.17. The van der Waals surface area contributed by atoms with Crippen molar-refractivity contribution in [1.82, 2.24) is 4.98 Å². The van der Waals surface area contributed by atoms with E-state index in [1.165, 1.54) is 16.0 Å². The number of rotatable bonds is 1. The van der Waals surface area contributed by atoms with Crippen LogP contribution in [0.4, 0.5) is 5.69 Å². The van der Waals surface area contributed by atoms with Crippen LogP contribution in [0.1, 0.15) is 6.92 Å². The Bertz CT molecular complexity index is 661. The van der Waals surface area contributed by atoms with Gasteiger partial charge < -0.3 is 4.90 Å². The SMILES string of the molecule is CCN1CSc2ccccc21.c1ccc2ncccc2c1. The second-order valence-electron chi connectivity index (χ2n) is 4.79. The Balaban J connectivity index is 0.000000126. The van der Waals surface area contributed by atoms with Gasteiger partial charge in [-0.05, 0) is 31.2 Å². The van der Waals surface area contributed by atoms with Gasteiger partial charge in [0.05, 0.1) is 17.1 Å². The summed E-state index contributed by atoms with van der Waals surface area (Å²) in [6.45, 7) is 3.31. The lowest BCUT2D eigenvalue weighted by molar-refractivity contribution is 0.951. The maximum atomic E-state index is 4.18. The predicted octanol–water partition coefficient (Wildman–Crippen LogP) is 4.81. The van der Waals surface area contributed by atoms with E-state index in [0.717, 1.165) is 17.9 Å². The van der Waals surface area contributed by atoms with Crippen LogP contribution in [-0.4, -0.2) is 17.4 Å². The molecule has 3 aromatic rings. The molecule has 2 heterocycles. The fraction of sp³-hybridized carbons (Fsp3) is 0.167. The summed E-state index contributed by atoms with van der Waals surface area (Å²) in [6, 6.07) is 20.7. The van der Waals surface area contributed by atoms with Gasteiger partial charge in [0.1, 0.15) is 0 Å². The standard InChI is InChI=1S/C9H11NS.C9H7N/c1-2-10-7-11-9-6-4-3-5-8(9)10;1-2-6-9-8(4-1)5-3-7-10-9/h3-6H,2,7H2,1H3;1-7H. The van der Waals surface area contributed by atoms with E-state index in [-0.39, 0.29) is 0 Å². The van der Waals surface area contributed by atoms with Crippen LogP contribution < -0.4 is 4.90 Å². The van der Waals surface area contributed by atoms with Crippen molar-refractivity contribution in [3.8, 4) is 0 Å². The minimum Gasteiger partial charge on any atom is -0.361 e. The smallest absolute Gasteiger partial charge is 0.0701 e. The summed E-state index contributed by atoms with van der Waals surface area (Å²) in [7, 11) is 0. The molecule has 0 N–H and O–H groups in total. The number of nitrogens with zero attached hydrogens (tertiary/aromatic N) is 2. The number of benzene rings is 2. The molecule has 2 aromatic carbocycles. The van der Waals surface area contributed by atoms with E-state index in [4.69, 9.17) is 0 Å². The highest BCUT2D eigenvalue weighted by Crippen LogP contribution is 2.37. The molecule has 0 amide bonds. The third-order valence-electron chi connectivity index (χ3n) is 3.48. The quantitative estimate of drug-likeness (QED) is 0.640. The molecule has 2 nitrogen and oxygen atoms in total. The number of pyridine rings is 1. The number of para-hydroxylation sites is 2. The van der Waals surface area contributed by atoms with Gasteiger partial charge in [0.15, 0.2) is 0 Å². The predicted molar refractivity (Wildman–Crippen MR) is 91.9 cm³/mol. The van der Waals surface area contributed by atoms with Crippen LogP contribution in [0.15, 0.2) is 71.8 Å². The summed E-state index contributed by atoms with van der Waals surface area (Å²) in [5.41, 5.74) is 2.46. The van der Waals surface area contributed by atoms with Crippen LogP contribution >= 0.6 is 11.8 Å². The van der Waals surface area contributed by atoms with Crippen LogP contribution in [0.3, 0.4) is 0 Å². The highest BCUT2D eigenvalue weighted by molar-refractivity contribution is 7.99. The molecule has 1 aliphatic heterocycles. The molecule has 1 aliphatic rings. The van der Waals surface area contributed by atoms with Crippen LogP contribution in [0, 0.1) is 0 Å². The monoisotopic (exact) mass is 294 g/mol. The summed E-state index contributed by atoms with van der Waals surface area (Å²) >= 11 is 1.93. The molecule has 0 atom stereocenters. The highest BCUT2D eigenvalue weighted by Gasteiger charge is 2.16. The van der Waals surface area contributed by atoms with Crippen molar-refractivity contribution in [1.29, 1.82) is 0 Å². The second-order valence-corrected chi connectivity index (χ2v) is 5.78. The molecule has 4 rings (SSSR count). The first-order valence-corrected chi connectivity index (χ1v) is 8.13. The van der Waals surface area contributed by atoms with E-state index >= 15 is 0 Å². The molecule has 0 radical (unpaired) electrons. The normalized spacial score (nSPS) is 12.7. The Hall–Kier alpha value is -2.00. The average molecular weight is 294 g/mol. The lowest BCUT2D eigenvalue weighted by Gasteiger charge is -2.14. The Labute approximate surface area is 129 Å². The van der Waals surface area contributed by atoms with Crippen LogP contribution in [0.25, 0.3) is 10.9 Å².